The Balaban J connectivity index is 0.806. The highest BCUT2D eigenvalue weighted by atomic mass is 19.3. The Hall–Kier alpha value is -12.5. The van der Waals surface area contributed by atoms with E-state index in [1.807, 2.05) is 24.3 Å². The first-order valence-corrected chi connectivity index (χ1v) is 35.8. The van der Waals surface area contributed by atoms with Crippen molar-refractivity contribution in [3.05, 3.63) is 339 Å². The molecule has 12 heteroatoms. The van der Waals surface area contributed by atoms with Crippen LogP contribution in [-0.2, 0) is 12.8 Å². The van der Waals surface area contributed by atoms with Crippen molar-refractivity contribution in [1.29, 1.82) is 0 Å². The van der Waals surface area contributed by atoms with Crippen LogP contribution in [0, 0.1) is 0 Å². The fraction of sp³-hybridized carbons (Fsp3) is 0.106. The van der Waals surface area contributed by atoms with E-state index in [1.54, 1.807) is 24.3 Å². The molecular weight excluding hydrogens is 1340 g/mol. The van der Waals surface area contributed by atoms with Crippen LogP contribution in [0.4, 0.5) is 26.3 Å². The molecule has 0 N–H and O–H groups in total. The number of fused-ring (bicyclic) bond motifs is 10. The van der Waals surface area contributed by atoms with E-state index in [2.05, 4.69) is 249 Å². The second kappa shape index (κ2) is 30.4. The van der Waals surface area contributed by atoms with Gasteiger partial charge in [-0.1, -0.05) is 206 Å². The van der Waals surface area contributed by atoms with Crippen LogP contribution >= 0.6 is 0 Å². The van der Waals surface area contributed by atoms with Gasteiger partial charge in [0.2, 0.25) is 0 Å². The summed E-state index contributed by atoms with van der Waals surface area (Å²) in [5.41, 5.74) is 18.9. The lowest BCUT2D eigenvalue weighted by atomic mass is 9.97. The number of ether oxygens (including phenoxy) is 4. The molecule has 522 valence electrons. The van der Waals surface area contributed by atoms with Crippen LogP contribution in [0.3, 0.4) is 0 Å². The number of benzene rings is 14. The molecule has 14 aromatic carbocycles. The molecule has 0 aliphatic rings. The molecule has 6 nitrogen and oxygen atoms in total. The summed E-state index contributed by atoms with van der Waals surface area (Å²) in [5, 5.41) is 8.50. The van der Waals surface area contributed by atoms with Gasteiger partial charge >= 0.3 is 24.2 Å². The SMILES string of the molecule is FC(F)=C(F)Oc1ccc(CCCCCOc2cc3c(c4ccccc24)c2cc(-c4ccc5c(c4)c4c6ccccc6c(OCCCCCc6ccc(OC(F)=C(F)F)cc6)cc4n5-c4cc(-c5ccccc5)cc(-c5ccccc5)c4)ccc2n3-c2cc(-c3ccccc3)cc(-c3ccccc3)c2)cc1. The van der Waals surface area contributed by atoms with Crippen molar-refractivity contribution in [1.82, 2.24) is 9.13 Å². The third kappa shape index (κ3) is 14.2. The summed E-state index contributed by atoms with van der Waals surface area (Å²) in [5.74, 6) is 1.58. The first kappa shape index (κ1) is 67.9. The van der Waals surface area contributed by atoms with E-state index >= 15 is 0 Å². The third-order valence-electron chi connectivity index (χ3n) is 19.9. The van der Waals surface area contributed by atoms with Gasteiger partial charge in [-0.2, -0.15) is 26.3 Å². The highest BCUT2D eigenvalue weighted by Gasteiger charge is 2.24. The molecule has 0 radical (unpaired) electrons. The van der Waals surface area contributed by atoms with Crippen LogP contribution in [0.2, 0.25) is 0 Å². The lowest BCUT2D eigenvalue weighted by Gasteiger charge is -2.16. The molecule has 0 aliphatic carbocycles. The van der Waals surface area contributed by atoms with Gasteiger partial charge in [0.1, 0.15) is 23.0 Å². The Morgan fingerprint density at radius 2 is 0.585 bits per heavy atom. The maximum atomic E-state index is 13.5. The zero-order chi connectivity index (χ0) is 72.0. The van der Waals surface area contributed by atoms with Gasteiger partial charge in [-0.25, -0.2) is 0 Å². The minimum atomic E-state index is -2.50. The van der Waals surface area contributed by atoms with E-state index in [0.717, 1.165) is 206 Å². The summed E-state index contributed by atoms with van der Waals surface area (Å²) in [4.78, 5) is 0. The summed E-state index contributed by atoms with van der Waals surface area (Å²) in [6, 6.07) is 100. The fourth-order valence-electron chi connectivity index (χ4n) is 14.8. The van der Waals surface area contributed by atoms with Gasteiger partial charge in [0.05, 0.1) is 35.3 Å². The molecular formula is C94H70F6N2O4. The normalized spacial score (nSPS) is 11.5. The predicted octanol–water partition coefficient (Wildman–Crippen LogP) is 26.9. The summed E-state index contributed by atoms with van der Waals surface area (Å²) < 4.78 is 106. The molecule has 106 heavy (non-hydrogen) atoms. The number of aryl methyl sites for hydroxylation is 2. The number of nitrogens with zero attached hydrogens (tertiary/aromatic N) is 2. The zero-order valence-corrected chi connectivity index (χ0v) is 57.7. The van der Waals surface area contributed by atoms with Gasteiger partial charge in [0.15, 0.2) is 0 Å². The van der Waals surface area contributed by atoms with Gasteiger partial charge in [0.25, 0.3) is 0 Å². The van der Waals surface area contributed by atoms with Crippen molar-refractivity contribution in [2.75, 3.05) is 13.2 Å². The number of aromatic nitrogens is 2. The lowest BCUT2D eigenvalue weighted by Crippen LogP contribution is -2.00. The first-order valence-electron chi connectivity index (χ1n) is 35.8. The van der Waals surface area contributed by atoms with E-state index in [1.165, 1.54) is 24.3 Å². The molecule has 0 spiro atoms. The van der Waals surface area contributed by atoms with E-state index in [0.29, 0.717) is 13.2 Å². The lowest BCUT2D eigenvalue weighted by molar-refractivity contribution is 0.241. The van der Waals surface area contributed by atoms with Crippen molar-refractivity contribution in [2.45, 2.75) is 51.4 Å². The smallest absolute Gasteiger partial charge is 0.344 e. The minimum Gasteiger partial charge on any atom is -0.493 e. The molecule has 0 saturated carbocycles. The van der Waals surface area contributed by atoms with Crippen molar-refractivity contribution in [3.8, 4) is 90.0 Å². The predicted molar refractivity (Wildman–Crippen MR) is 418 cm³/mol. The molecule has 0 amide bonds. The maximum absolute atomic E-state index is 13.5. The van der Waals surface area contributed by atoms with Crippen LogP contribution < -0.4 is 18.9 Å². The summed E-state index contributed by atoms with van der Waals surface area (Å²) >= 11 is 0. The van der Waals surface area contributed by atoms with Crippen LogP contribution in [0.15, 0.2) is 328 Å². The Bertz CT molecular complexity index is 5470. The average Bonchev–Trinajstić information content (AvgIpc) is 1.56. The standard InChI is InChI=1S/C94H70F6N2O4/c95-91(96)93(99)105-75-43-37-61(38-44-75)23-7-5-21-49-103-87-59-85-89(79-35-19-17-33-77(79)87)81-57-67(41-47-83(81)101(85)73-53-69(63-25-9-1-10-26-63)51-70(54-73)64-27-11-2-12-28-64)68-42-48-84-82(58-68)90-80-36-20-18-34-78(80)88(104-50-22-6-8-24-62-39-45-76(46-40-62)106-94(100)92(97)98)60-86(90)102(84)74-55-71(65-29-13-3-14-30-65)52-72(56-74)66-31-15-4-16-32-66/h1-4,9-20,25-48,51-60H,5-8,21-24,49-50H2. The minimum absolute atomic E-state index is 0.00901. The van der Waals surface area contributed by atoms with Crippen molar-refractivity contribution >= 4 is 65.2 Å². The molecule has 2 heterocycles. The fourth-order valence-corrected chi connectivity index (χ4v) is 14.8. The first-order chi connectivity index (χ1) is 52.0. The molecule has 2 aromatic heterocycles. The zero-order valence-electron chi connectivity index (χ0n) is 57.7. The van der Waals surface area contributed by atoms with E-state index in [9.17, 15) is 26.3 Å². The number of hydrogen-bond acceptors (Lipinski definition) is 4. The van der Waals surface area contributed by atoms with E-state index in [-0.39, 0.29) is 11.5 Å². The van der Waals surface area contributed by atoms with E-state index < -0.39 is 24.2 Å². The maximum Gasteiger partial charge on any atom is 0.344 e. The van der Waals surface area contributed by atoms with Crippen molar-refractivity contribution in [2.24, 2.45) is 0 Å². The summed E-state index contributed by atoms with van der Waals surface area (Å²) in [6.07, 6.45) is 1.53. The molecule has 16 aromatic rings. The Kier molecular flexibility index (Phi) is 19.5. The second-order valence-corrected chi connectivity index (χ2v) is 26.6. The van der Waals surface area contributed by atoms with Crippen molar-refractivity contribution in [3.63, 3.8) is 0 Å². The third-order valence-corrected chi connectivity index (χ3v) is 19.9. The average molecular weight is 1410 g/mol. The van der Waals surface area contributed by atoms with Gasteiger partial charge in [0, 0.05) is 55.8 Å². The number of unbranched alkanes of at least 4 members (excludes halogenated alkanes) is 4. The summed E-state index contributed by atoms with van der Waals surface area (Å²) in [6.45, 7) is 0.949. The summed E-state index contributed by atoms with van der Waals surface area (Å²) in [7, 11) is 0. The topological polar surface area (TPSA) is 46.8 Å². The van der Waals surface area contributed by atoms with E-state index in [4.69, 9.17) is 9.47 Å². The highest BCUT2D eigenvalue weighted by molar-refractivity contribution is 6.25. The van der Waals surface area contributed by atoms with Crippen LogP contribution in [0.1, 0.15) is 49.7 Å². The molecule has 0 unspecified atom stereocenters. The monoisotopic (exact) mass is 1400 g/mol. The number of halogens is 6. The second-order valence-electron chi connectivity index (χ2n) is 26.6. The van der Waals surface area contributed by atoms with Crippen LogP contribution in [0.25, 0.3) is 132 Å². The Morgan fingerprint density at radius 1 is 0.255 bits per heavy atom. The number of hydrogen-bond donors (Lipinski definition) is 0. The molecule has 0 bridgehead atoms. The Morgan fingerprint density at radius 3 is 0.925 bits per heavy atom. The van der Waals surface area contributed by atoms with Gasteiger partial charge in [-0.3, -0.25) is 0 Å². The molecule has 0 aliphatic heterocycles. The molecule has 0 atom stereocenters. The largest absolute Gasteiger partial charge is 0.493 e. The molecule has 0 saturated heterocycles. The Labute approximate surface area is 609 Å². The highest BCUT2D eigenvalue weighted by Crippen LogP contribution is 2.47. The van der Waals surface area contributed by atoms with Crippen molar-refractivity contribution < 1.29 is 45.3 Å². The quantitative estimate of drug-likeness (QED) is 0.0325. The van der Waals surface area contributed by atoms with Gasteiger partial charge in [-0.15, -0.1) is 0 Å². The number of rotatable bonds is 25. The molecule has 16 rings (SSSR count). The van der Waals surface area contributed by atoms with Crippen LogP contribution in [-0.4, -0.2) is 22.3 Å². The van der Waals surface area contributed by atoms with Gasteiger partial charge in [-0.05, 0) is 214 Å². The van der Waals surface area contributed by atoms with Crippen LogP contribution in [0.5, 0.6) is 23.0 Å². The molecule has 0 fully saturated rings. The van der Waals surface area contributed by atoms with Gasteiger partial charge < -0.3 is 28.1 Å².